The molecule has 106 valence electrons. The molecule has 0 saturated carbocycles. The number of benzene rings is 1. The van der Waals surface area contributed by atoms with E-state index < -0.39 is 21.9 Å². The molecule has 0 aliphatic rings. The van der Waals surface area contributed by atoms with E-state index in [4.69, 9.17) is 10.5 Å². The van der Waals surface area contributed by atoms with Crippen molar-refractivity contribution in [3.05, 3.63) is 24.3 Å². The molecule has 0 aromatic heterocycles. The molecule has 0 spiro atoms. The van der Waals surface area contributed by atoms with Gasteiger partial charge in [-0.1, -0.05) is 0 Å². The van der Waals surface area contributed by atoms with E-state index in [1.54, 1.807) is 25.5 Å². The van der Waals surface area contributed by atoms with Crippen molar-refractivity contribution in [2.75, 3.05) is 10.5 Å². The molecule has 4 N–H and O–H groups in total. The quantitative estimate of drug-likeness (QED) is 0.729. The van der Waals surface area contributed by atoms with Crippen LogP contribution < -0.4 is 15.2 Å². The molecule has 1 aromatic rings. The van der Waals surface area contributed by atoms with Crippen molar-refractivity contribution in [2.45, 2.75) is 26.4 Å². The van der Waals surface area contributed by atoms with Gasteiger partial charge in [0, 0.05) is 5.69 Å². The number of hydrogen-bond donors (Lipinski definition) is 3. The Morgan fingerprint density at radius 3 is 2.21 bits per heavy atom. The van der Waals surface area contributed by atoms with Crippen LogP contribution in [0.5, 0.6) is 0 Å². The summed E-state index contributed by atoms with van der Waals surface area (Å²) in [5.41, 5.74) is 5.48. The first-order chi connectivity index (χ1) is 8.57. The largest absolute Gasteiger partial charge is 0.443 e. The zero-order valence-electron chi connectivity index (χ0n) is 10.9. The van der Waals surface area contributed by atoms with Gasteiger partial charge in [-0.15, -0.1) is 0 Å². The fourth-order valence-corrected chi connectivity index (χ4v) is 1.90. The minimum atomic E-state index is -4.03. The molecule has 1 aromatic carbocycles. The number of amides is 1. The predicted octanol–water partition coefficient (Wildman–Crippen LogP) is 1.45. The summed E-state index contributed by atoms with van der Waals surface area (Å²) in [6.07, 6.45) is -1.05. The number of carbonyl (C=O) groups excluding carboxylic acids is 1. The van der Waals surface area contributed by atoms with Crippen molar-refractivity contribution in [1.82, 2.24) is 4.72 Å². The van der Waals surface area contributed by atoms with Crippen molar-refractivity contribution in [2.24, 2.45) is 0 Å². The Hall–Kier alpha value is -1.96. The highest BCUT2D eigenvalue weighted by Gasteiger charge is 2.21. The maximum Gasteiger partial charge on any atom is 0.422 e. The lowest BCUT2D eigenvalue weighted by Crippen LogP contribution is -2.39. The van der Waals surface area contributed by atoms with Crippen LogP contribution >= 0.6 is 0 Å². The molecule has 0 radical (unpaired) electrons. The molecule has 0 atom stereocenters. The highest BCUT2D eigenvalue weighted by atomic mass is 32.2. The van der Waals surface area contributed by atoms with Gasteiger partial charge in [-0.2, -0.15) is 8.42 Å². The second-order valence-corrected chi connectivity index (χ2v) is 6.25. The van der Waals surface area contributed by atoms with E-state index in [1.807, 2.05) is 0 Å². The molecular weight excluding hydrogens is 270 g/mol. The third kappa shape index (κ3) is 5.96. The summed E-state index contributed by atoms with van der Waals surface area (Å²) >= 11 is 0. The fraction of sp³-hybridized carbons (Fsp3) is 0.364. The smallest absolute Gasteiger partial charge is 0.422 e. The van der Waals surface area contributed by atoms with Gasteiger partial charge in [0.05, 0.1) is 5.69 Å². The van der Waals surface area contributed by atoms with E-state index in [-0.39, 0.29) is 5.69 Å². The van der Waals surface area contributed by atoms with Crippen molar-refractivity contribution < 1.29 is 17.9 Å². The van der Waals surface area contributed by atoms with E-state index in [9.17, 15) is 13.2 Å². The SMILES string of the molecule is CC(C)(C)OC(=O)NS(=O)(=O)Nc1ccc(N)cc1. The van der Waals surface area contributed by atoms with Crippen LogP contribution in [0.15, 0.2) is 24.3 Å². The second-order valence-electron chi connectivity index (χ2n) is 4.83. The van der Waals surface area contributed by atoms with Crippen LogP contribution in [0.2, 0.25) is 0 Å². The molecule has 7 nitrogen and oxygen atoms in total. The minimum Gasteiger partial charge on any atom is -0.443 e. The maximum atomic E-state index is 11.6. The van der Waals surface area contributed by atoms with Crippen LogP contribution in [-0.4, -0.2) is 20.1 Å². The van der Waals surface area contributed by atoms with Gasteiger partial charge in [-0.3, -0.25) is 4.72 Å². The van der Waals surface area contributed by atoms with Crippen molar-refractivity contribution >= 4 is 27.7 Å². The number of anilines is 2. The molecule has 0 aliphatic heterocycles. The van der Waals surface area contributed by atoms with Gasteiger partial charge >= 0.3 is 16.3 Å². The van der Waals surface area contributed by atoms with Gasteiger partial charge < -0.3 is 10.5 Å². The van der Waals surface area contributed by atoms with Crippen molar-refractivity contribution in [3.63, 3.8) is 0 Å². The summed E-state index contributed by atoms with van der Waals surface area (Å²) in [5.74, 6) is 0. The van der Waals surface area contributed by atoms with Crippen LogP contribution in [-0.2, 0) is 14.9 Å². The molecule has 0 bridgehead atoms. The van der Waals surface area contributed by atoms with E-state index in [0.717, 1.165) is 0 Å². The standard InChI is InChI=1S/C11H17N3O4S/c1-11(2,3)18-10(15)14-19(16,17)13-9-6-4-8(12)5-7-9/h4-7,13H,12H2,1-3H3,(H,14,15). The molecule has 0 fully saturated rings. The Labute approximate surface area is 112 Å². The van der Waals surface area contributed by atoms with Crippen LogP contribution in [0.25, 0.3) is 0 Å². The topological polar surface area (TPSA) is 111 Å². The summed E-state index contributed by atoms with van der Waals surface area (Å²) in [6, 6.07) is 6.02. The van der Waals surface area contributed by atoms with Crippen LogP contribution in [0.3, 0.4) is 0 Å². The van der Waals surface area contributed by atoms with Gasteiger partial charge in [0.25, 0.3) is 0 Å². The average molecular weight is 287 g/mol. The number of nitrogen functional groups attached to an aromatic ring is 1. The molecule has 1 amide bonds. The Bertz CT molecular complexity index is 546. The summed E-state index contributed by atoms with van der Waals surface area (Å²) < 4.78 is 32.0. The first-order valence-corrected chi connectivity index (χ1v) is 6.95. The summed E-state index contributed by atoms with van der Waals surface area (Å²) in [4.78, 5) is 11.3. The van der Waals surface area contributed by atoms with Gasteiger partial charge in [0.1, 0.15) is 5.60 Å². The number of hydrogen-bond acceptors (Lipinski definition) is 5. The van der Waals surface area contributed by atoms with Crippen LogP contribution in [0.1, 0.15) is 20.8 Å². The zero-order valence-corrected chi connectivity index (χ0v) is 11.7. The first-order valence-electron chi connectivity index (χ1n) is 5.46. The number of ether oxygens (including phenoxy) is 1. The third-order valence-corrected chi connectivity index (χ3v) is 2.72. The Balaban J connectivity index is 2.67. The van der Waals surface area contributed by atoms with E-state index >= 15 is 0 Å². The number of rotatable bonds is 3. The van der Waals surface area contributed by atoms with Gasteiger partial charge in [0.2, 0.25) is 0 Å². The van der Waals surface area contributed by atoms with E-state index in [2.05, 4.69) is 4.72 Å². The number of nitrogens with one attached hydrogen (secondary N) is 2. The number of carbonyl (C=O) groups is 1. The molecule has 19 heavy (non-hydrogen) atoms. The van der Waals surface area contributed by atoms with Crippen LogP contribution in [0.4, 0.5) is 16.2 Å². The summed E-state index contributed by atoms with van der Waals surface area (Å²) in [7, 11) is -4.03. The third-order valence-electron chi connectivity index (χ3n) is 1.78. The fourth-order valence-electron chi connectivity index (χ4n) is 1.14. The lowest BCUT2D eigenvalue weighted by molar-refractivity contribution is 0.0570. The minimum absolute atomic E-state index is 0.283. The van der Waals surface area contributed by atoms with Gasteiger partial charge in [-0.05, 0) is 45.0 Å². The van der Waals surface area contributed by atoms with Crippen LogP contribution in [0, 0.1) is 0 Å². The first kappa shape index (κ1) is 15.1. The molecule has 0 aliphatic carbocycles. The average Bonchev–Trinajstić information content (AvgIpc) is 2.17. The molecule has 8 heteroatoms. The van der Waals surface area contributed by atoms with E-state index in [1.165, 1.54) is 24.3 Å². The Morgan fingerprint density at radius 1 is 1.21 bits per heavy atom. The lowest BCUT2D eigenvalue weighted by Gasteiger charge is -2.19. The van der Waals surface area contributed by atoms with Crippen molar-refractivity contribution in [1.29, 1.82) is 0 Å². The van der Waals surface area contributed by atoms with Crippen molar-refractivity contribution in [3.8, 4) is 0 Å². The Kier molecular flexibility index (Phi) is 4.25. The number of nitrogens with two attached hydrogens (primary N) is 1. The summed E-state index contributed by atoms with van der Waals surface area (Å²) in [6.45, 7) is 4.89. The lowest BCUT2D eigenvalue weighted by atomic mass is 10.2. The van der Waals surface area contributed by atoms with E-state index in [0.29, 0.717) is 5.69 Å². The molecule has 0 unspecified atom stereocenters. The maximum absolute atomic E-state index is 11.6. The molecule has 0 heterocycles. The molecule has 0 saturated heterocycles. The second kappa shape index (κ2) is 5.35. The van der Waals surface area contributed by atoms with Gasteiger partial charge in [0.15, 0.2) is 0 Å². The monoisotopic (exact) mass is 287 g/mol. The molecular formula is C11H17N3O4S. The van der Waals surface area contributed by atoms with Gasteiger partial charge in [-0.25, -0.2) is 9.52 Å². The summed E-state index contributed by atoms with van der Waals surface area (Å²) in [5, 5.41) is 0. The normalized spacial score (nSPS) is 11.7. The highest BCUT2D eigenvalue weighted by Crippen LogP contribution is 2.12. The molecule has 1 rings (SSSR count). The Morgan fingerprint density at radius 2 is 1.74 bits per heavy atom. The zero-order chi connectivity index (χ0) is 14.7. The predicted molar refractivity (Wildman–Crippen MR) is 72.8 cm³/mol. The highest BCUT2D eigenvalue weighted by molar-refractivity contribution is 7.91.